The van der Waals surface area contributed by atoms with Gasteiger partial charge in [0, 0.05) is 18.6 Å². The average molecular weight is 222 g/mol. The van der Waals surface area contributed by atoms with Crippen LogP contribution in [0.4, 0.5) is 4.79 Å². The second-order valence-corrected chi connectivity index (χ2v) is 3.62. The number of rotatable bonds is 2. The summed E-state index contributed by atoms with van der Waals surface area (Å²) in [5.41, 5.74) is 5.76. The van der Waals surface area contributed by atoms with Crippen LogP contribution in [0.2, 0.25) is 0 Å². The van der Waals surface area contributed by atoms with E-state index in [1.807, 2.05) is 6.92 Å². The molecule has 0 unspecified atom stereocenters. The van der Waals surface area contributed by atoms with Crippen molar-refractivity contribution in [3.8, 4) is 0 Å². The molecule has 0 aromatic heterocycles. The van der Waals surface area contributed by atoms with Crippen LogP contribution >= 0.6 is 12.4 Å². The molecule has 4 N–H and O–H groups in total. The summed E-state index contributed by atoms with van der Waals surface area (Å²) >= 11 is 0. The van der Waals surface area contributed by atoms with Crippen molar-refractivity contribution in [3.63, 3.8) is 0 Å². The number of amides is 2. The minimum atomic E-state index is -0.0528. The number of carbonyl (C=O) groups excluding carboxylic acids is 1. The molecule has 4 nitrogen and oxygen atoms in total. The fraction of sp³-hybridized carbons (Fsp3) is 0.889. The molecule has 1 saturated carbocycles. The van der Waals surface area contributed by atoms with Gasteiger partial charge in [0.15, 0.2) is 0 Å². The van der Waals surface area contributed by atoms with Gasteiger partial charge in [-0.15, -0.1) is 12.4 Å². The van der Waals surface area contributed by atoms with Crippen molar-refractivity contribution < 1.29 is 4.79 Å². The molecule has 5 heteroatoms. The van der Waals surface area contributed by atoms with Crippen LogP contribution in [0.15, 0.2) is 0 Å². The molecule has 0 radical (unpaired) electrons. The lowest BCUT2D eigenvalue weighted by Gasteiger charge is -2.26. The van der Waals surface area contributed by atoms with Crippen molar-refractivity contribution in [3.05, 3.63) is 0 Å². The summed E-state index contributed by atoms with van der Waals surface area (Å²) in [5, 5.41) is 5.66. The molecule has 14 heavy (non-hydrogen) atoms. The highest BCUT2D eigenvalue weighted by Gasteiger charge is 2.19. The van der Waals surface area contributed by atoms with Crippen LogP contribution in [-0.2, 0) is 0 Å². The zero-order valence-corrected chi connectivity index (χ0v) is 9.40. The molecule has 0 aromatic rings. The van der Waals surface area contributed by atoms with Crippen molar-refractivity contribution >= 4 is 18.4 Å². The van der Waals surface area contributed by atoms with Crippen LogP contribution < -0.4 is 16.4 Å². The number of halogens is 1. The summed E-state index contributed by atoms with van der Waals surface area (Å²) in [6.45, 7) is 2.59. The first-order valence-corrected chi connectivity index (χ1v) is 5.02. The normalized spacial score (nSPS) is 26.1. The molecule has 2 amide bonds. The lowest BCUT2D eigenvalue weighted by Crippen LogP contribution is -2.45. The van der Waals surface area contributed by atoms with Crippen LogP contribution in [0.25, 0.3) is 0 Å². The molecule has 1 fully saturated rings. The highest BCUT2D eigenvalue weighted by Crippen LogP contribution is 2.16. The predicted octanol–water partition coefficient (Wildman–Crippen LogP) is 0.997. The Balaban J connectivity index is 0.00000169. The number of carbonyl (C=O) groups is 1. The van der Waals surface area contributed by atoms with Crippen LogP contribution in [0.5, 0.6) is 0 Å². The summed E-state index contributed by atoms with van der Waals surface area (Å²) in [6, 6.07) is 0.613. The molecule has 0 bridgehead atoms. The fourth-order valence-electron chi connectivity index (χ4n) is 1.66. The highest BCUT2D eigenvalue weighted by atomic mass is 35.5. The van der Waals surface area contributed by atoms with Gasteiger partial charge in [0.1, 0.15) is 0 Å². The Labute approximate surface area is 91.4 Å². The number of hydrogen-bond donors (Lipinski definition) is 3. The van der Waals surface area contributed by atoms with E-state index >= 15 is 0 Å². The van der Waals surface area contributed by atoms with Crippen molar-refractivity contribution in [1.29, 1.82) is 0 Å². The molecular weight excluding hydrogens is 202 g/mol. The number of urea groups is 1. The molecule has 84 valence electrons. The van der Waals surface area contributed by atoms with Gasteiger partial charge in [0.25, 0.3) is 0 Å². The van der Waals surface area contributed by atoms with E-state index in [-0.39, 0.29) is 18.4 Å². The SMILES string of the molecule is CCNC(=O)NC1CCC(N)CC1.Cl. The molecule has 0 heterocycles. The predicted molar refractivity (Wildman–Crippen MR) is 59.7 cm³/mol. The van der Waals surface area contributed by atoms with E-state index in [0.29, 0.717) is 18.6 Å². The van der Waals surface area contributed by atoms with Gasteiger partial charge >= 0.3 is 6.03 Å². The molecule has 0 aliphatic heterocycles. The van der Waals surface area contributed by atoms with E-state index in [9.17, 15) is 4.79 Å². The summed E-state index contributed by atoms with van der Waals surface area (Å²) < 4.78 is 0. The first-order chi connectivity index (χ1) is 6.22. The van der Waals surface area contributed by atoms with Crippen LogP contribution in [0.3, 0.4) is 0 Å². The number of nitrogens with one attached hydrogen (secondary N) is 2. The summed E-state index contributed by atoms with van der Waals surface area (Å²) in [4.78, 5) is 11.1. The zero-order chi connectivity index (χ0) is 9.68. The molecule has 1 aliphatic rings. The lowest BCUT2D eigenvalue weighted by atomic mass is 9.92. The Morgan fingerprint density at radius 1 is 1.36 bits per heavy atom. The molecular formula is C9H20ClN3O. The molecule has 0 aromatic carbocycles. The van der Waals surface area contributed by atoms with E-state index < -0.39 is 0 Å². The smallest absolute Gasteiger partial charge is 0.314 e. The minimum absolute atomic E-state index is 0. The Hall–Kier alpha value is -0.480. The van der Waals surface area contributed by atoms with Gasteiger partial charge in [-0.25, -0.2) is 4.79 Å². The van der Waals surface area contributed by atoms with Crippen molar-refractivity contribution in [2.24, 2.45) is 5.73 Å². The van der Waals surface area contributed by atoms with E-state index in [2.05, 4.69) is 10.6 Å². The van der Waals surface area contributed by atoms with Gasteiger partial charge in [-0.1, -0.05) is 0 Å². The minimum Gasteiger partial charge on any atom is -0.338 e. The third-order valence-electron chi connectivity index (χ3n) is 2.44. The highest BCUT2D eigenvalue weighted by molar-refractivity contribution is 5.85. The second kappa shape index (κ2) is 6.90. The maximum Gasteiger partial charge on any atom is 0.314 e. The van der Waals surface area contributed by atoms with Gasteiger partial charge in [-0.05, 0) is 32.6 Å². The zero-order valence-electron chi connectivity index (χ0n) is 8.58. The fourth-order valence-corrected chi connectivity index (χ4v) is 1.66. The molecule has 1 aliphatic carbocycles. The van der Waals surface area contributed by atoms with Crippen molar-refractivity contribution in [2.75, 3.05) is 6.54 Å². The van der Waals surface area contributed by atoms with Crippen molar-refractivity contribution in [1.82, 2.24) is 10.6 Å². The van der Waals surface area contributed by atoms with Crippen LogP contribution in [0, 0.1) is 0 Å². The maximum atomic E-state index is 11.1. The maximum absolute atomic E-state index is 11.1. The Morgan fingerprint density at radius 3 is 2.43 bits per heavy atom. The standard InChI is InChI=1S/C9H19N3O.ClH/c1-2-11-9(13)12-8-5-3-7(10)4-6-8;/h7-8H,2-6,10H2,1H3,(H2,11,12,13);1H. The van der Waals surface area contributed by atoms with E-state index in [4.69, 9.17) is 5.73 Å². The molecule has 0 spiro atoms. The third-order valence-corrected chi connectivity index (χ3v) is 2.44. The Kier molecular flexibility index (Phi) is 6.66. The third kappa shape index (κ3) is 4.67. The molecule has 1 rings (SSSR count). The Morgan fingerprint density at radius 2 is 1.93 bits per heavy atom. The number of nitrogens with two attached hydrogens (primary N) is 1. The van der Waals surface area contributed by atoms with Crippen molar-refractivity contribution in [2.45, 2.75) is 44.7 Å². The van der Waals surface area contributed by atoms with E-state index in [1.165, 1.54) is 0 Å². The quantitative estimate of drug-likeness (QED) is 0.651. The monoisotopic (exact) mass is 221 g/mol. The topological polar surface area (TPSA) is 67.2 Å². The van der Waals surface area contributed by atoms with Gasteiger partial charge in [0.2, 0.25) is 0 Å². The first kappa shape index (κ1) is 13.5. The first-order valence-electron chi connectivity index (χ1n) is 5.02. The van der Waals surface area contributed by atoms with Crippen LogP contribution in [-0.4, -0.2) is 24.7 Å². The average Bonchev–Trinajstić information content (AvgIpc) is 2.09. The summed E-state index contributed by atoms with van der Waals surface area (Å²) in [7, 11) is 0. The summed E-state index contributed by atoms with van der Waals surface area (Å²) in [5.74, 6) is 0. The second-order valence-electron chi connectivity index (χ2n) is 3.62. The van der Waals surface area contributed by atoms with E-state index in [0.717, 1.165) is 25.7 Å². The van der Waals surface area contributed by atoms with Gasteiger partial charge in [0.05, 0.1) is 0 Å². The largest absolute Gasteiger partial charge is 0.338 e. The van der Waals surface area contributed by atoms with Gasteiger partial charge in [-0.3, -0.25) is 0 Å². The molecule has 0 saturated heterocycles. The molecule has 0 atom stereocenters. The lowest BCUT2D eigenvalue weighted by molar-refractivity contribution is 0.232. The van der Waals surface area contributed by atoms with Gasteiger partial charge < -0.3 is 16.4 Å². The summed E-state index contributed by atoms with van der Waals surface area (Å²) in [6.07, 6.45) is 4.07. The van der Waals surface area contributed by atoms with Gasteiger partial charge in [-0.2, -0.15) is 0 Å². The van der Waals surface area contributed by atoms with Crippen LogP contribution in [0.1, 0.15) is 32.6 Å². The number of hydrogen-bond acceptors (Lipinski definition) is 2. The Bertz CT molecular complexity index is 169. The van der Waals surface area contributed by atoms with E-state index in [1.54, 1.807) is 0 Å².